The van der Waals surface area contributed by atoms with Crippen LogP contribution in [0, 0.1) is 11.3 Å². The predicted molar refractivity (Wildman–Crippen MR) is 263 cm³/mol. The zero-order chi connectivity index (χ0) is 48.4. The molecule has 364 valence electrons. The second-order valence-corrected chi connectivity index (χ2v) is 21.2. The van der Waals surface area contributed by atoms with Gasteiger partial charge < -0.3 is 45.0 Å². The molecule has 5 aromatic rings. The highest BCUT2D eigenvalue weighted by molar-refractivity contribution is 5.98. The lowest BCUT2D eigenvalue weighted by atomic mass is 9.46. The number of ether oxygens (including phenoxy) is 3. The summed E-state index contributed by atoms with van der Waals surface area (Å²) in [7, 11) is 4.96. The van der Waals surface area contributed by atoms with Crippen molar-refractivity contribution in [3.05, 3.63) is 107 Å². The standard InChI is InChI=1S/C55H66N6O8/c1-7-51(65)27-33-28-54(50(64)68-6,45-37(18-22-60(30-33)31-51)36-15-10-12-17-42(36)58-45)39-25-38-43(26-44(39)67-5)59(4)48-53(38)20-23-61-21-13-19-52(8-2,47(53)61)49(69-32(3)62)55(48,66)46(63)40(56)24-34-29-57-41-16-11-9-14-35(34)41/h9-17,19,25-26,29,33,40,47-49,57-58,65-66H,7-8,18,20-24,27-28,30-31,56H2,1-6H3/t33-,40+,47+,48-,49-,51+,52-,53-,54+,55+/m1/s1. The minimum absolute atomic E-state index is 0.120. The molecular formula is C55H66N6O8. The van der Waals surface area contributed by atoms with Gasteiger partial charge in [0.1, 0.15) is 11.2 Å². The number of aromatic amines is 2. The fourth-order valence-corrected chi connectivity index (χ4v) is 15.3. The summed E-state index contributed by atoms with van der Waals surface area (Å²) in [5.41, 5.74) is 7.02. The number of carbonyl (C=O) groups excluding carboxylic acids is 3. The molecule has 1 unspecified atom stereocenters. The van der Waals surface area contributed by atoms with Crippen molar-refractivity contribution in [2.75, 3.05) is 58.9 Å². The van der Waals surface area contributed by atoms with Crippen LogP contribution in [-0.2, 0) is 47.5 Å². The van der Waals surface area contributed by atoms with Gasteiger partial charge in [0.05, 0.1) is 31.9 Å². The number of ketones is 1. The summed E-state index contributed by atoms with van der Waals surface area (Å²) in [4.78, 5) is 58.8. The Labute approximate surface area is 403 Å². The Bertz CT molecular complexity index is 2930. The molecule has 11 rings (SSSR count). The highest BCUT2D eigenvalue weighted by atomic mass is 16.6. The number of H-pyrrole nitrogens is 2. The Balaban J connectivity index is 1.17. The summed E-state index contributed by atoms with van der Waals surface area (Å²) in [5, 5.41) is 28.2. The first-order valence-corrected chi connectivity index (χ1v) is 24.9. The van der Waals surface area contributed by atoms with Crippen LogP contribution in [0.4, 0.5) is 5.69 Å². The number of piperidine rings is 1. The minimum Gasteiger partial charge on any atom is -0.496 e. The molecule has 7 heterocycles. The van der Waals surface area contributed by atoms with Gasteiger partial charge in [0.2, 0.25) is 0 Å². The predicted octanol–water partition coefficient (Wildman–Crippen LogP) is 5.44. The number of rotatable bonds is 10. The fraction of sp³-hybridized carbons (Fsp3) is 0.509. The molecule has 5 aliphatic heterocycles. The van der Waals surface area contributed by atoms with E-state index in [2.05, 4.69) is 44.1 Å². The lowest BCUT2D eigenvalue weighted by Gasteiger charge is -2.64. The number of hydrogen-bond donors (Lipinski definition) is 5. The number of benzene rings is 3. The number of anilines is 1. The Morgan fingerprint density at radius 2 is 1.70 bits per heavy atom. The van der Waals surface area contributed by atoms with Crippen molar-refractivity contribution in [3.8, 4) is 5.75 Å². The molecule has 3 fully saturated rings. The van der Waals surface area contributed by atoms with Gasteiger partial charge in [-0.15, -0.1) is 0 Å². The van der Waals surface area contributed by atoms with E-state index in [1.54, 1.807) is 7.11 Å². The van der Waals surface area contributed by atoms with Crippen molar-refractivity contribution in [2.45, 2.75) is 112 Å². The highest BCUT2D eigenvalue weighted by Gasteiger charge is 2.80. The van der Waals surface area contributed by atoms with Gasteiger partial charge >= 0.3 is 11.9 Å². The van der Waals surface area contributed by atoms with E-state index in [4.69, 9.17) is 19.9 Å². The molecule has 69 heavy (non-hydrogen) atoms. The summed E-state index contributed by atoms with van der Waals surface area (Å²) < 4.78 is 18.9. The monoisotopic (exact) mass is 938 g/mol. The maximum atomic E-state index is 15.9. The smallest absolute Gasteiger partial charge is 0.322 e. The average Bonchev–Trinajstić information content (AvgIpc) is 4.12. The number of aromatic nitrogens is 2. The molecule has 14 nitrogen and oxygen atoms in total. The van der Waals surface area contributed by atoms with E-state index in [-0.39, 0.29) is 18.4 Å². The molecule has 2 aromatic heterocycles. The number of nitrogens with two attached hydrogens (primary N) is 1. The topological polar surface area (TPSA) is 187 Å². The molecular weight excluding hydrogens is 873 g/mol. The van der Waals surface area contributed by atoms with Gasteiger partial charge in [-0.1, -0.05) is 62.4 Å². The summed E-state index contributed by atoms with van der Waals surface area (Å²) in [6.07, 6.45) is 7.88. The number of hydrogen-bond acceptors (Lipinski definition) is 12. The van der Waals surface area contributed by atoms with Crippen molar-refractivity contribution in [3.63, 3.8) is 0 Å². The largest absolute Gasteiger partial charge is 0.496 e. The van der Waals surface area contributed by atoms with Crippen molar-refractivity contribution < 1.29 is 38.8 Å². The molecule has 1 saturated carbocycles. The van der Waals surface area contributed by atoms with Crippen LogP contribution in [0.5, 0.6) is 5.75 Å². The first kappa shape index (κ1) is 45.9. The van der Waals surface area contributed by atoms with Crippen molar-refractivity contribution in [1.29, 1.82) is 0 Å². The molecule has 11 atom stereocenters. The zero-order valence-corrected chi connectivity index (χ0v) is 40.6. The molecule has 0 radical (unpaired) electrons. The summed E-state index contributed by atoms with van der Waals surface area (Å²) in [6.45, 7) is 8.61. The third-order valence-electron chi connectivity index (χ3n) is 17.9. The fourth-order valence-electron chi connectivity index (χ4n) is 15.3. The van der Waals surface area contributed by atoms with E-state index >= 15 is 9.59 Å². The summed E-state index contributed by atoms with van der Waals surface area (Å²) >= 11 is 0. The molecule has 0 amide bonds. The maximum Gasteiger partial charge on any atom is 0.322 e. The lowest BCUT2D eigenvalue weighted by molar-refractivity contribution is -0.217. The summed E-state index contributed by atoms with van der Waals surface area (Å²) in [5.74, 6) is -1.32. The van der Waals surface area contributed by atoms with E-state index in [1.165, 1.54) is 14.0 Å². The average molecular weight is 939 g/mol. The van der Waals surface area contributed by atoms with Gasteiger partial charge in [-0.3, -0.25) is 24.2 Å². The van der Waals surface area contributed by atoms with E-state index in [1.807, 2.05) is 80.5 Å². The van der Waals surface area contributed by atoms with Crippen LogP contribution in [0.1, 0.15) is 80.8 Å². The molecule has 2 saturated heterocycles. The number of methoxy groups -OCH3 is 2. The molecule has 1 aliphatic carbocycles. The van der Waals surface area contributed by atoms with Gasteiger partial charge in [0.15, 0.2) is 17.5 Å². The van der Waals surface area contributed by atoms with Crippen LogP contribution in [0.25, 0.3) is 21.8 Å². The van der Waals surface area contributed by atoms with E-state index in [9.17, 15) is 15.0 Å². The van der Waals surface area contributed by atoms with E-state index in [0.717, 1.165) is 49.9 Å². The highest BCUT2D eigenvalue weighted by Crippen LogP contribution is 2.68. The first-order chi connectivity index (χ1) is 33.1. The Morgan fingerprint density at radius 3 is 2.42 bits per heavy atom. The van der Waals surface area contributed by atoms with E-state index < -0.39 is 63.4 Å². The second kappa shape index (κ2) is 16.3. The number of likely N-dealkylation sites (N-methyl/N-ethyl adjacent to an activating group) is 1. The van der Waals surface area contributed by atoms with Crippen LogP contribution < -0.4 is 15.4 Å². The number of nitrogens with one attached hydrogen (secondary N) is 2. The quantitative estimate of drug-likeness (QED) is 0.0884. The second-order valence-electron chi connectivity index (χ2n) is 21.2. The Kier molecular flexibility index (Phi) is 10.8. The van der Waals surface area contributed by atoms with E-state index in [0.29, 0.717) is 82.6 Å². The van der Waals surface area contributed by atoms with Gasteiger partial charge in [-0.25, -0.2) is 0 Å². The van der Waals surface area contributed by atoms with Crippen molar-refractivity contribution in [1.82, 2.24) is 19.8 Å². The molecule has 2 bridgehead atoms. The number of para-hydroxylation sites is 2. The zero-order valence-electron chi connectivity index (χ0n) is 40.6. The number of aliphatic hydroxyl groups is 2. The van der Waals surface area contributed by atoms with Crippen LogP contribution in [0.15, 0.2) is 79.0 Å². The summed E-state index contributed by atoms with van der Waals surface area (Å²) in [6, 6.07) is 17.6. The molecule has 1 spiro atoms. The SMILES string of the molecule is CC[C@]1(O)C[C@H]2CN(CCc3c([nH]c4ccccc34)[C@@](C(=O)OC)(c3cc4c(cc3OC)N(C)[C@H]3[C@@](O)(C(=O)[C@@H](N)Cc5c[nH]c6ccccc56)[C@H](OC(C)=O)[C@]5(CC)C=CCN6CC[C@]43[C@@H]65)C2)C1. The Hall–Kier alpha value is -5.51. The normalized spacial score (nSPS) is 33.9. The molecule has 14 heteroatoms. The number of nitrogens with zero attached hydrogens (tertiary/aromatic N) is 3. The number of carbonyl (C=O) groups is 3. The molecule has 6 N–H and O–H groups in total. The molecule has 6 aliphatic rings. The minimum atomic E-state index is -2.33. The van der Waals surface area contributed by atoms with Crippen molar-refractivity contribution in [2.24, 2.45) is 17.1 Å². The maximum absolute atomic E-state index is 15.9. The van der Waals surface area contributed by atoms with Crippen molar-refractivity contribution >= 4 is 45.2 Å². The van der Waals surface area contributed by atoms with Crippen LogP contribution >= 0.6 is 0 Å². The number of esters is 2. The number of fused-ring (bicyclic) bond motifs is 7. The third-order valence-corrected chi connectivity index (χ3v) is 17.9. The van der Waals surface area contributed by atoms with Crippen LogP contribution in [0.2, 0.25) is 0 Å². The van der Waals surface area contributed by atoms with Gasteiger partial charge in [0, 0.05) is 108 Å². The number of Topliss-reactive ketones (excluding diaryl/α,β-unsaturated/α-hetero) is 1. The van der Waals surface area contributed by atoms with Crippen LogP contribution in [0.3, 0.4) is 0 Å². The third kappa shape index (κ3) is 6.30. The van der Waals surface area contributed by atoms with Gasteiger partial charge in [0.25, 0.3) is 0 Å². The first-order valence-electron chi connectivity index (χ1n) is 24.9. The van der Waals surface area contributed by atoms with Gasteiger partial charge in [-0.05, 0) is 92.3 Å². The Morgan fingerprint density at radius 1 is 0.942 bits per heavy atom. The lowest BCUT2D eigenvalue weighted by Crippen LogP contribution is -2.82. The van der Waals surface area contributed by atoms with Crippen LogP contribution in [-0.4, -0.2) is 137 Å². The molecule has 3 aromatic carbocycles. The van der Waals surface area contributed by atoms with Gasteiger partial charge in [-0.2, -0.15) is 0 Å².